The first kappa shape index (κ1) is 11.4. The summed E-state index contributed by atoms with van der Waals surface area (Å²) in [5.74, 6) is 0. The molecule has 0 spiro atoms. The van der Waals surface area contributed by atoms with Gasteiger partial charge in [0.1, 0.15) is 0 Å². The summed E-state index contributed by atoms with van der Waals surface area (Å²) in [7, 11) is 0. The van der Waals surface area contributed by atoms with Crippen molar-refractivity contribution in [3.05, 3.63) is 34.2 Å². The maximum Gasteiger partial charge on any atom is 0.247 e. The van der Waals surface area contributed by atoms with Gasteiger partial charge in [-0.15, -0.1) is 0 Å². The summed E-state index contributed by atoms with van der Waals surface area (Å²) in [6, 6.07) is 3.50. The summed E-state index contributed by atoms with van der Waals surface area (Å²) in [6.07, 6.45) is 1.81. The Morgan fingerprint density at radius 2 is 1.88 bits per heavy atom. The van der Waals surface area contributed by atoms with Crippen LogP contribution in [0.5, 0.6) is 0 Å². The first-order chi connectivity index (χ1) is 7.78. The fraction of sp³-hybridized carbons (Fsp3) is 0.583. The molecule has 1 saturated heterocycles. The van der Waals surface area contributed by atoms with E-state index in [1.54, 1.807) is 6.07 Å². The van der Waals surface area contributed by atoms with Gasteiger partial charge in [-0.25, -0.2) is 0 Å². The molecule has 88 valence electrons. The van der Waals surface area contributed by atoms with Crippen LogP contribution in [-0.2, 0) is 6.54 Å². The summed E-state index contributed by atoms with van der Waals surface area (Å²) >= 11 is 0. The van der Waals surface area contributed by atoms with E-state index in [4.69, 9.17) is 0 Å². The third-order valence-electron chi connectivity index (χ3n) is 3.17. The minimum atomic E-state index is -0.0282. The Morgan fingerprint density at radius 3 is 2.44 bits per heavy atom. The average molecular weight is 221 g/mol. The molecule has 4 nitrogen and oxygen atoms in total. The van der Waals surface area contributed by atoms with Crippen LogP contribution in [0, 0.1) is 0 Å². The second-order valence-corrected chi connectivity index (χ2v) is 4.27. The van der Waals surface area contributed by atoms with Crippen molar-refractivity contribution < 1.29 is 0 Å². The van der Waals surface area contributed by atoms with Crippen LogP contribution in [0.25, 0.3) is 0 Å². The van der Waals surface area contributed by atoms with Crippen molar-refractivity contribution in [2.75, 3.05) is 32.7 Å². The lowest BCUT2D eigenvalue weighted by Gasteiger charge is -2.33. The molecule has 0 aliphatic carbocycles. The SMILES string of the molecule is CCN1CCN(Cc2ccc(=O)[nH]c2)CC1. The van der Waals surface area contributed by atoms with E-state index in [2.05, 4.69) is 21.7 Å². The zero-order valence-corrected chi connectivity index (χ0v) is 9.78. The van der Waals surface area contributed by atoms with Crippen molar-refractivity contribution >= 4 is 0 Å². The van der Waals surface area contributed by atoms with E-state index >= 15 is 0 Å². The lowest BCUT2D eigenvalue weighted by molar-refractivity contribution is 0.132. The van der Waals surface area contributed by atoms with E-state index in [0.717, 1.165) is 39.3 Å². The Bertz CT molecular complexity index is 360. The molecule has 0 saturated carbocycles. The maximum absolute atomic E-state index is 10.9. The molecule has 1 aromatic rings. The Morgan fingerprint density at radius 1 is 1.19 bits per heavy atom. The summed E-state index contributed by atoms with van der Waals surface area (Å²) in [4.78, 5) is 18.5. The molecule has 1 N–H and O–H groups in total. The Balaban J connectivity index is 1.87. The molecule has 0 amide bonds. The van der Waals surface area contributed by atoms with Crippen molar-refractivity contribution in [1.29, 1.82) is 0 Å². The molecule has 0 aromatic carbocycles. The van der Waals surface area contributed by atoms with Gasteiger partial charge in [0.25, 0.3) is 0 Å². The first-order valence-electron chi connectivity index (χ1n) is 5.90. The van der Waals surface area contributed by atoms with Gasteiger partial charge < -0.3 is 9.88 Å². The number of hydrogen-bond acceptors (Lipinski definition) is 3. The molecular weight excluding hydrogens is 202 g/mol. The van der Waals surface area contributed by atoms with Crippen molar-refractivity contribution in [2.45, 2.75) is 13.5 Å². The lowest BCUT2D eigenvalue weighted by atomic mass is 10.2. The monoisotopic (exact) mass is 221 g/mol. The maximum atomic E-state index is 10.9. The van der Waals surface area contributed by atoms with Crippen LogP contribution in [0.15, 0.2) is 23.1 Å². The lowest BCUT2D eigenvalue weighted by Crippen LogP contribution is -2.45. The highest BCUT2D eigenvalue weighted by Gasteiger charge is 2.15. The van der Waals surface area contributed by atoms with Crippen LogP contribution in [0.1, 0.15) is 12.5 Å². The molecule has 1 fully saturated rings. The number of pyridine rings is 1. The van der Waals surface area contributed by atoms with E-state index in [-0.39, 0.29) is 5.56 Å². The van der Waals surface area contributed by atoms with Crippen LogP contribution in [0.2, 0.25) is 0 Å². The van der Waals surface area contributed by atoms with Gasteiger partial charge >= 0.3 is 0 Å². The molecule has 2 heterocycles. The highest BCUT2D eigenvalue weighted by atomic mass is 16.1. The van der Waals surface area contributed by atoms with Crippen LogP contribution < -0.4 is 5.56 Å². The van der Waals surface area contributed by atoms with Crippen molar-refractivity contribution in [3.63, 3.8) is 0 Å². The van der Waals surface area contributed by atoms with Gasteiger partial charge in [-0.1, -0.05) is 13.0 Å². The summed E-state index contributed by atoms with van der Waals surface area (Å²) < 4.78 is 0. The number of nitrogens with one attached hydrogen (secondary N) is 1. The van der Waals surface area contributed by atoms with Gasteiger partial charge in [0.05, 0.1) is 0 Å². The van der Waals surface area contributed by atoms with Crippen LogP contribution in [0.4, 0.5) is 0 Å². The normalized spacial score (nSPS) is 18.8. The number of rotatable bonds is 3. The molecule has 0 radical (unpaired) electrons. The van der Waals surface area contributed by atoms with E-state index in [0.29, 0.717) is 0 Å². The van der Waals surface area contributed by atoms with Gasteiger partial charge in [-0.3, -0.25) is 9.69 Å². The molecule has 0 bridgehead atoms. The Hall–Kier alpha value is -1.13. The second-order valence-electron chi connectivity index (χ2n) is 4.27. The summed E-state index contributed by atoms with van der Waals surface area (Å²) in [5, 5.41) is 0. The molecule has 0 atom stereocenters. The predicted molar refractivity (Wildman–Crippen MR) is 64.5 cm³/mol. The van der Waals surface area contributed by atoms with E-state index in [9.17, 15) is 4.79 Å². The number of likely N-dealkylation sites (N-methyl/N-ethyl adjacent to an activating group) is 1. The molecule has 1 aliphatic heterocycles. The van der Waals surface area contributed by atoms with E-state index in [1.165, 1.54) is 5.56 Å². The predicted octanol–water partition coefficient (Wildman–Crippen LogP) is 0.512. The summed E-state index contributed by atoms with van der Waals surface area (Å²) in [6.45, 7) is 8.83. The highest BCUT2D eigenvalue weighted by molar-refractivity contribution is 5.08. The van der Waals surface area contributed by atoms with Gasteiger partial charge in [0.15, 0.2) is 0 Å². The number of H-pyrrole nitrogens is 1. The fourth-order valence-corrected chi connectivity index (χ4v) is 2.06. The number of aromatic nitrogens is 1. The van der Waals surface area contributed by atoms with E-state index < -0.39 is 0 Å². The number of aromatic amines is 1. The minimum absolute atomic E-state index is 0.0282. The second kappa shape index (κ2) is 5.27. The smallest absolute Gasteiger partial charge is 0.247 e. The number of piperazine rings is 1. The molecule has 1 aliphatic rings. The largest absolute Gasteiger partial charge is 0.329 e. The van der Waals surface area contributed by atoms with Crippen LogP contribution in [-0.4, -0.2) is 47.5 Å². The fourth-order valence-electron chi connectivity index (χ4n) is 2.06. The van der Waals surface area contributed by atoms with Crippen LogP contribution in [0.3, 0.4) is 0 Å². The van der Waals surface area contributed by atoms with Gasteiger partial charge in [-0.05, 0) is 12.1 Å². The van der Waals surface area contributed by atoms with Gasteiger partial charge in [0.2, 0.25) is 5.56 Å². The molecule has 0 unspecified atom stereocenters. The number of nitrogens with zero attached hydrogens (tertiary/aromatic N) is 2. The first-order valence-corrected chi connectivity index (χ1v) is 5.90. The molecule has 16 heavy (non-hydrogen) atoms. The molecule has 2 rings (SSSR count). The van der Waals surface area contributed by atoms with Crippen LogP contribution >= 0.6 is 0 Å². The highest BCUT2D eigenvalue weighted by Crippen LogP contribution is 2.06. The zero-order valence-electron chi connectivity index (χ0n) is 9.78. The summed E-state index contributed by atoms with van der Waals surface area (Å²) in [5.41, 5.74) is 1.16. The van der Waals surface area contributed by atoms with Crippen molar-refractivity contribution in [3.8, 4) is 0 Å². The van der Waals surface area contributed by atoms with Crippen molar-refractivity contribution in [1.82, 2.24) is 14.8 Å². The third-order valence-corrected chi connectivity index (χ3v) is 3.17. The number of hydrogen-bond donors (Lipinski definition) is 1. The molecule has 1 aromatic heterocycles. The zero-order chi connectivity index (χ0) is 11.4. The van der Waals surface area contributed by atoms with Gasteiger partial charge in [-0.2, -0.15) is 0 Å². The minimum Gasteiger partial charge on any atom is -0.329 e. The molecule has 4 heteroatoms. The van der Waals surface area contributed by atoms with Gasteiger partial charge in [0, 0.05) is 45.0 Å². The topological polar surface area (TPSA) is 39.3 Å². The van der Waals surface area contributed by atoms with E-state index in [1.807, 2.05) is 12.3 Å². The molecular formula is C12H19N3O. The quantitative estimate of drug-likeness (QED) is 0.808. The Labute approximate surface area is 95.9 Å². The van der Waals surface area contributed by atoms with Crippen molar-refractivity contribution in [2.24, 2.45) is 0 Å². The third kappa shape index (κ3) is 2.93. The standard InChI is InChI=1S/C12H19N3O/c1-2-14-5-7-15(8-6-14)10-11-3-4-12(16)13-9-11/h3-4,9H,2,5-8,10H2,1H3,(H,13,16). The Kier molecular flexibility index (Phi) is 3.74. The average Bonchev–Trinajstić information content (AvgIpc) is 2.33.